The van der Waals surface area contributed by atoms with Crippen LogP contribution in [0.5, 0.6) is 5.75 Å². The van der Waals surface area contributed by atoms with Crippen molar-refractivity contribution in [3.63, 3.8) is 0 Å². The predicted octanol–water partition coefficient (Wildman–Crippen LogP) is 4.26. The lowest BCUT2D eigenvalue weighted by Crippen LogP contribution is -2.06. The molecule has 0 saturated carbocycles. The van der Waals surface area contributed by atoms with E-state index in [1.54, 1.807) is 49.9 Å². The van der Waals surface area contributed by atoms with E-state index in [0.717, 1.165) is 11.1 Å². The van der Waals surface area contributed by atoms with E-state index in [9.17, 15) is 9.90 Å². The fourth-order valence-electron chi connectivity index (χ4n) is 2.94. The summed E-state index contributed by atoms with van der Waals surface area (Å²) in [6, 6.07) is 5.41. The van der Waals surface area contributed by atoms with Gasteiger partial charge in [-0.2, -0.15) is 0 Å². The summed E-state index contributed by atoms with van der Waals surface area (Å²) in [6.07, 6.45) is 8.19. The molecule has 0 spiro atoms. The normalized spacial score (nSPS) is 13.5. The number of nitrogens with zero attached hydrogens (tertiary/aromatic N) is 3. The lowest BCUT2D eigenvalue weighted by molar-refractivity contribution is 0.0524. The van der Waals surface area contributed by atoms with Crippen molar-refractivity contribution < 1.29 is 19.1 Å². The Balaban J connectivity index is 1.78. The van der Waals surface area contributed by atoms with Crippen LogP contribution in [0.4, 0.5) is 17.4 Å². The van der Waals surface area contributed by atoms with Gasteiger partial charge in [0, 0.05) is 41.6 Å². The van der Waals surface area contributed by atoms with Crippen molar-refractivity contribution in [2.45, 2.75) is 13.8 Å². The minimum Gasteiger partial charge on any atom is -0.504 e. The molecule has 8 nitrogen and oxygen atoms in total. The van der Waals surface area contributed by atoms with Gasteiger partial charge in [0.05, 0.1) is 6.61 Å². The highest BCUT2D eigenvalue weighted by molar-refractivity contribution is 6.21. The fraction of sp³-hybridized carbons (Fsp3) is 0.143. The van der Waals surface area contributed by atoms with Crippen molar-refractivity contribution in [2.24, 2.45) is 4.99 Å². The van der Waals surface area contributed by atoms with Crippen LogP contribution in [0.1, 0.15) is 34.2 Å². The quantitative estimate of drug-likeness (QED) is 0.626. The number of ether oxygens (including phenoxy) is 1. The highest BCUT2D eigenvalue weighted by Crippen LogP contribution is 2.39. The van der Waals surface area contributed by atoms with Gasteiger partial charge in [0.25, 0.3) is 0 Å². The highest BCUT2D eigenvalue weighted by Gasteiger charge is 2.27. The minimum absolute atomic E-state index is 0.0729. The molecule has 0 aromatic carbocycles. The molecule has 0 fully saturated rings. The number of anilines is 2. The summed E-state index contributed by atoms with van der Waals surface area (Å²) >= 11 is 0. The zero-order valence-corrected chi connectivity index (χ0v) is 15.8. The molecule has 3 aromatic heterocycles. The second kappa shape index (κ2) is 7.59. The van der Waals surface area contributed by atoms with Gasteiger partial charge in [-0.05, 0) is 43.7 Å². The third kappa shape index (κ3) is 3.47. The summed E-state index contributed by atoms with van der Waals surface area (Å²) in [6.45, 7) is 3.72. The van der Waals surface area contributed by atoms with Crippen LogP contribution >= 0.6 is 0 Å². The van der Waals surface area contributed by atoms with E-state index in [1.165, 1.54) is 0 Å². The van der Waals surface area contributed by atoms with Crippen LogP contribution in [0, 0.1) is 6.92 Å². The number of furan rings is 1. The van der Waals surface area contributed by atoms with E-state index in [0.29, 0.717) is 17.1 Å². The lowest BCUT2D eigenvalue weighted by Gasteiger charge is -2.08. The number of rotatable bonds is 5. The maximum absolute atomic E-state index is 12.5. The third-order valence-electron chi connectivity index (χ3n) is 4.37. The molecule has 8 heteroatoms. The summed E-state index contributed by atoms with van der Waals surface area (Å²) in [5.74, 6) is -0.212. The summed E-state index contributed by atoms with van der Waals surface area (Å²) in [5, 5.41) is 13.8. The first-order valence-corrected chi connectivity index (χ1v) is 9.00. The number of hydrogen-bond acceptors (Lipinski definition) is 8. The van der Waals surface area contributed by atoms with Crippen molar-refractivity contribution in [2.75, 3.05) is 11.9 Å². The first kappa shape index (κ1) is 18.4. The van der Waals surface area contributed by atoms with Gasteiger partial charge in [-0.1, -0.05) is 0 Å². The predicted molar refractivity (Wildman–Crippen MR) is 109 cm³/mol. The fourth-order valence-corrected chi connectivity index (χ4v) is 2.94. The number of nitrogens with one attached hydrogen (secondary N) is 1. The van der Waals surface area contributed by atoms with Crippen LogP contribution < -0.4 is 5.32 Å². The zero-order chi connectivity index (χ0) is 20.4. The largest absolute Gasteiger partial charge is 0.504 e. The number of carbonyl (C=O) groups is 1. The number of carbonyl (C=O) groups excluding carboxylic acids is 1. The number of aliphatic imine (C=N–C) groups is 1. The SMILES string of the molecule is CCOC(=O)c1c(Nc2ccncc2C)oc(C=C2C=Nc3ncccc32)c1O. The van der Waals surface area contributed by atoms with E-state index in [-0.39, 0.29) is 29.6 Å². The lowest BCUT2D eigenvalue weighted by atomic mass is 10.1. The number of pyridine rings is 2. The van der Waals surface area contributed by atoms with Crippen LogP contribution in [0.25, 0.3) is 11.6 Å². The van der Waals surface area contributed by atoms with Gasteiger partial charge >= 0.3 is 5.97 Å². The molecular weight excluding hydrogens is 372 g/mol. The van der Waals surface area contributed by atoms with Crippen molar-refractivity contribution >= 4 is 41.2 Å². The van der Waals surface area contributed by atoms with Gasteiger partial charge < -0.3 is 19.6 Å². The Kier molecular flexibility index (Phi) is 4.82. The van der Waals surface area contributed by atoms with Crippen molar-refractivity contribution in [1.29, 1.82) is 0 Å². The summed E-state index contributed by atoms with van der Waals surface area (Å²) < 4.78 is 10.9. The molecule has 2 N–H and O–H groups in total. The first-order chi connectivity index (χ1) is 14.1. The van der Waals surface area contributed by atoms with Crippen LogP contribution in [0.15, 0.2) is 46.2 Å². The Labute approximate surface area is 166 Å². The Bertz CT molecular complexity index is 1150. The number of aryl methyl sites for hydroxylation is 1. The number of aromatic nitrogens is 2. The van der Waals surface area contributed by atoms with E-state index in [4.69, 9.17) is 9.15 Å². The highest BCUT2D eigenvalue weighted by atomic mass is 16.5. The first-order valence-electron chi connectivity index (χ1n) is 9.00. The maximum atomic E-state index is 12.5. The van der Waals surface area contributed by atoms with Crippen LogP contribution in [0.3, 0.4) is 0 Å². The number of allylic oxidation sites excluding steroid dienone is 1. The Hall–Kier alpha value is -3.94. The molecule has 4 heterocycles. The Morgan fingerprint density at radius 2 is 2.21 bits per heavy atom. The summed E-state index contributed by atoms with van der Waals surface area (Å²) in [4.78, 5) is 24.9. The van der Waals surface area contributed by atoms with Crippen molar-refractivity contribution in [3.05, 3.63) is 59.2 Å². The van der Waals surface area contributed by atoms with Crippen molar-refractivity contribution in [1.82, 2.24) is 9.97 Å². The van der Waals surface area contributed by atoms with Gasteiger partial charge in [0.1, 0.15) is 0 Å². The standard InChI is InChI=1S/C21H18N4O4/c1-3-28-21(27)17-18(26)16(9-13-11-24-19-14(13)5-4-7-23-19)29-20(17)25-15-6-8-22-10-12(15)2/h4-11,26H,3H2,1-2H3,(H,22,25). The van der Waals surface area contributed by atoms with Gasteiger partial charge in [0.15, 0.2) is 22.9 Å². The number of aromatic hydroxyl groups is 1. The molecule has 0 aliphatic carbocycles. The average molecular weight is 390 g/mol. The summed E-state index contributed by atoms with van der Waals surface area (Å²) in [7, 11) is 0. The molecule has 29 heavy (non-hydrogen) atoms. The molecule has 0 unspecified atom stereocenters. The van der Waals surface area contributed by atoms with Gasteiger partial charge in [-0.15, -0.1) is 0 Å². The topological polar surface area (TPSA) is 110 Å². The molecule has 0 atom stereocenters. The third-order valence-corrected chi connectivity index (χ3v) is 4.37. The van der Waals surface area contributed by atoms with Crippen LogP contribution in [-0.4, -0.2) is 33.9 Å². The minimum atomic E-state index is -0.685. The second-order valence-electron chi connectivity index (χ2n) is 6.29. The van der Waals surface area contributed by atoms with E-state index in [2.05, 4.69) is 20.3 Å². The van der Waals surface area contributed by atoms with Crippen molar-refractivity contribution in [3.8, 4) is 5.75 Å². The Morgan fingerprint density at radius 3 is 3.00 bits per heavy atom. The molecule has 0 amide bonds. The van der Waals surface area contributed by atoms with E-state index >= 15 is 0 Å². The van der Waals surface area contributed by atoms with Gasteiger partial charge in [-0.3, -0.25) is 4.98 Å². The molecule has 3 aromatic rings. The van der Waals surface area contributed by atoms with E-state index < -0.39 is 5.97 Å². The number of fused-ring (bicyclic) bond motifs is 1. The zero-order valence-electron chi connectivity index (χ0n) is 15.8. The molecule has 1 aliphatic heterocycles. The average Bonchev–Trinajstić information content (AvgIpc) is 3.25. The molecular formula is C21H18N4O4. The molecule has 146 valence electrons. The molecule has 4 rings (SSSR count). The molecule has 0 radical (unpaired) electrons. The molecule has 0 bridgehead atoms. The van der Waals surface area contributed by atoms with Crippen LogP contribution in [-0.2, 0) is 4.74 Å². The maximum Gasteiger partial charge on any atom is 0.347 e. The molecule has 0 saturated heterocycles. The van der Waals surface area contributed by atoms with Crippen LogP contribution in [0.2, 0.25) is 0 Å². The molecule has 1 aliphatic rings. The second-order valence-corrected chi connectivity index (χ2v) is 6.29. The number of hydrogen-bond donors (Lipinski definition) is 2. The van der Waals surface area contributed by atoms with E-state index in [1.807, 2.05) is 13.0 Å². The van der Waals surface area contributed by atoms with Gasteiger partial charge in [0.2, 0.25) is 5.88 Å². The Morgan fingerprint density at radius 1 is 1.34 bits per heavy atom. The monoisotopic (exact) mass is 390 g/mol. The summed E-state index contributed by atoms with van der Waals surface area (Å²) in [5.41, 5.74) is 2.98. The number of esters is 1. The smallest absolute Gasteiger partial charge is 0.347 e. The van der Waals surface area contributed by atoms with Gasteiger partial charge in [-0.25, -0.2) is 14.8 Å².